The van der Waals surface area contributed by atoms with E-state index in [9.17, 15) is 4.79 Å². The lowest BCUT2D eigenvalue weighted by molar-refractivity contribution is -0.126. The van der Waals surface area contributed by atoms with Crippen molar-refractivity contribution >= 4 is 5.91 Å². The predicted molar refractivity (Wildman–Crippen MR) is 84.1 cm³/mol. The molecule has 3 heteroatoms. The van der Waals surface area contributed by atoms with Gasteiger partial charge >= 0.3 is 0 Å². The van der Waals surface area contributed by atoms with Crippen molar-refractivity contribution in [1.82, 2.24) is 4.90 Å². The monoisotopic (exact) mass is 285 g/mol. The standard InChI is InChI=1S/C18H23NO2/c1-3-5-18(20)19-13-4-6-16(14-19)8-7-15-9-11-17(21-2)12-10-15/h9-12,16H,4,6-8,13-14H2,1-2H3/t16-/m1/s1. The fourth-order valence-electron chi connectivity index (χ4n) is 2.83. The Morgan fingerprint density at radius 3 is 2.81 bits per heavy atom. The Balaban J connectivity index is 1.84. The molecular weight excluding hydrogens is 262 g/mol. The Morgan fingerprint density at radius 2 is 2.14 bits per heavy atom. The Hall–Kier alpha value is -1.95. The van der Waals surface area contributed by atoms with Gasteiger partial charge in [0.05, 0.1) is 7.11 Å². The summed E-state index contributed by atoms with van der Waals surface area (Å²) < 4.78 is 5.17. The summed E-state index contributed by atoms with van der Waals surface area (Å²) in [4.78, 5) is 13.7. The summed E-state index contributed by atoms with van der Waals surface area (Å²) in [5.74, 6) is 6.80. The van der Waals surface area contributed by atoms with Crippen LogP contribution in [0.5, 0.6) is 5.75 Å². The van der Waals surface area contributed by atoms with Crippen molar-refractivity contribution in [2.24, 2.45) is 5.92 Å². The van der Waals surface area contributed by atoms with Crippen LogP contribution in [0.2, 0.25) is 0 Å². The third-order valence-electron chi connectivity index (χ3n) is 4.04. The topological polar surface area (TPSA) is 29.5 Å². The van der Waals surface area contributed by atoms with Crippen molar-refractivity contribution in [2.45, 2.75) is 32.6 Å². The Bertz CT molecular complexity index is 524. The number of piperidine rings is 1. The number of benzene rings is 1. The highest BCUT2D eigenvalue weighted by Gasteiger charge is 2.22. The molecule has 3 nitrogen and oxygen atoms in total. The highest BCUT2D eigenvalue weighted by Crippen LogP contribution is 2.22. The predicted octanol–water partition coefficient (Wildman–Crippen LogP) is 2.89. The lowest BCUT2D eigenvalue weighted by Crippen LogP contribution is -2.39. The van der Waals surface area contributed by atoms with Crippen LogP contribution in [-0.2, 0) is 11.2 Å². The number of hydrogen-bond acceptors (Lipinski definition) is 2. The molecule has 112 valence electrons. The molecule has 0 unspecified atom stereocenters. The summed E-state index contributed by atoms with van der Waals surface area (Å²) in [6, 6.07) is 8.24. The fourth-order valence-corrected chi connectivity index (χ4v) is 2.83. The zero-order chi connectivity index (χ0) is 15.1. The molecule has 0 aromatic heterocycles. The number of rotatable bonds is 4. The third-order valence-corrected chi connectivity index (χ3v) is 4.04. The van der Waals surface area contributed by atoms with Gasteiger partial charge in [-0.25, -0.2) is 0 Å². The van der Waals surface area contributed by atoms with Crippen molar-refractivity contribution < 1.29 is 9.53 Å². The maximum absolute atomic E-state index is 11.8. The molecule has 1 saturated heterocycles. The normalized spacial score (nSPS) is 17.8. The lowest BCUT2D eigenvalue weighted by atomic mass is 9.91. The van der Waals surface area contributed by atoms with Gasteiger partial charge in [-0.15, -0.1) is 0 Å². The molecule has 0 bridgehead atoms. The average molecular weight is 285 g/mol. The first kappa shape index (κ1) is 15.4. The fraction of sp³-hybridized carbons (Fsp3) is 0.500. The van der Waals surface area contributed by atoms with E-state index in [0.29, 0.717) is 5.92 Å². The average Bonchev–Trinajstić information content (AvgIpc) is 2.54. The molecule has 0 radical (unpaired) electrons. The van der Waals surface area contributed by atoms with Crippen LogP contribution in [0.25, 0.3) is 0 Å². The van der Waals surface area contributed by atoms with E-state index in [4.69, 9.17) is 4.74 Å². The van der Waals surface area contributed by atoms with Gasteiger partial charge < -0.3 is 9.64 Å². The SMILES string of the molecule is CC#CC(=O)N1CCC[C@H](CCc2ccc(OC)cc2)C1. The lowest BCUT2D eigenvalue weighted by Gasteiger charge is -2.31. The van der Waals surface area contributed by atoms with Gasteiger partial charge in [0.25, 0.3) is 5.91 Å². The first-order chi connectivity index (χ1) is 10.2. The second-order valence-corrected chi connectivity index (χ2v) is 5.52. The first-order valence-corrected chi connectivity index (χ1v) is 7.57. The van der Waals surface area contributed by atoms with Gasteiger partial charge in [0.15, 0.2) is 0 Å². The summed E-state index contributed by atoms with van der Waals surface area (Å²) in [5.41, 5.74) is 1.33. The smallest absolute Gasteiger partial charge is 0.298 e. The number of nitrogens with zero attached hydrogens (tertiary/aromatic N) is 1. The summed E-state index contributed by atoms with van der Waals surface area (Å²) in [6.07, 6.45) is 4.47. The van der Waals surface area contributed by atoms with E-state index in [0.717, 1.165) is 38.1 Å². The molecule has 1 amide bonds. The molecule has 21 heavy (non-hydrogen) atoms. The van der Waals surface area contributed by atoms with Crippen molar-refractivity contribution in [1.29, 1.82) is 0 Å². The van der Waals surface area contributed by atoms with Crippen LogP contribution < -0.4 is 4.74 Å². The summed E-state index contributed by atoms with van der Waals surface area (Å²) >= 11 is 0. The van der Waals surface area contributed by atoms with E-state index < -0.39 is 0 Å². The molecule has 0 N–H and O–H groups in total. The molecule has 0 spiro atoms. The molecule has 1 aliphatic rings. The van der Waals surface area contributed by atoms with E-state index in [1.165, 1.54) is 12.0 Å². The maximum Gasteiger partial charge on any atom is 0.298 e. The zero-order valence-electron chi connectivity index (χ0n) is 12.9. The highest BCUT2D eigenvalue weighted by atomic mass is 16.5. The van der Waals surface area contributed by atoms with Crippen LogP contribution in [0.4, 0.5) is 0 Å². The quantitative estimate of drug-likeness (QED) is 0.796. The van der Waals surface area contributed by atoms with Crippen molar-refractivity contribution in [3.8, 4) is 17.6 Å². The molecule has 1 heterocycles. The second kappa shape index (κ2) is 7.73. The number of hydrogen-bond donors (Lipinski definition) is 0. The van der Waals surface area contributed by atoms with E-state index in [1.54, 1.807) is 14.0 Å². The van der Waals surface area contributed by atoms with Gasteiger partial charge in [-0.1, -0.05) is 18.1 Å². The Morgan fingerprint density at radius 1 is 1.38 bits per heavy atom. The van der Waals surface area contributed by atoms with Crippen LogP contribution in [0.15, 0.2) is 24.3 Å². The number of carbonyl (C=O) groups excluding carboxylic acids is 1. The molecule has 1 fully saturated rings. The van der Waals surface area contributed by atoms with Crippen molar-refractivity contribution in [2.75, 3.05) is 20.2 Å². The minimum Gasteiger partial charge on any atom is -0.497 e. The van der Waals surface area contributed by atoms with Gasteiger partial charge in [-0.3, -0.25) is 4.79 Å². The van der Waals surface area contributed by atoms with Crippen LogP contribution in [0.1, 0.15) is 31.7 Å². The van der Waals surface area contributed by atoms with E-state index in [1.807, 2.05) is 17.0 Å². The van der Waals surface area contributed by atoms with Crippen LogP contribution in [0.3, 0.4) is 0 Å². The van der Waals surface area contributed by atoms with E-state index in [2.05, 4.69) is 24.0 Å². The van der Waals surface area contributed by atoms with Crippen molar-refractivity contribution in [3.63, 3.8) is 0 Å². The summed E-state index contributed by atoms with van der Waals surface area (Å²) in [5, 5.41) is 0. The molecule has 0 saturated carbocycles. The molecule has 1 aromatic carbocycles. The number of carbonyl (C=O) groups is 1. The minimum absolute atomic E-state index is 0.0216. The second-order valence-electron chi connectivity index (χ2n) is 5.52. The van der Waals surface area contributed by atoms with E-state index in [-0.39, 0.29) is 5.91 Å². The number of methoxy groups -OCH3 is 1. The third kappa shape index (κ3) is 4.53. The first-order valence-electron chi connectivity index (χ1n) is 7.57. The highest BCUT2D eigenvalue weighted by molar-refractivity contribution is 5.93. The van der Waals surface area contributed by atoms with Crippen LogP contribution in [0, 0.1) is 17.8 Å². The van der Waals surface area contributed by atoms with Gasteiger partial charge in [0.2, 0.25) is 0 Å². The molecule has 1 atom stereocenters. The van der Waals surface area contributed by atoms with Crippen LogP contribution >= 0.6 is 0 Å². The number of amides is 1. The van der Waals surface area contributed by atoms with Crippen molar-refractivity contribution in [3.05, 3.63) is 29.8 Å². The van der Waals surface area contributed by atoms with Gasteiger partial charge in [0.1, 0.15) is 5.75 Å². The molecule has 1 aliphatic heterocycles. The number of ether oxygens (including phenoxy) is 1. The Labute approximate surface area is 127 Å². The summed E-state index contributed by atoms with van der Waals surface area (Å²) in [6.45, 7) is 3.42. The molecular formula is C18H23NO2. The minimum atomic E-state index is -0.0216. The molecule has 2 rings (SSSR count). The number of likely N-dealkylation sites (tertiary alicyclic amines) is 1. The van der Waals surface area contributed by atoms with Crippen LogP contribution in [-0.4, -0.2) is 31.0 Å². The number of aryl methyl sites for hydroxylation is 1. The zero-order valence-corrected chi connectivity index (χ0v) is 12.9. The largest absolute Gasteiger partial charge is 0.497 e. The van der Waals surface area contributed by atoms with Gasteiger partial charge in [-0.2, -0.15) is 0 Å². The molecule has 1 aromatic rings. The maximum atomic E-state index is 11.8. The van der Waals surface area contributed by atoms with Gasteiger partial charge in [0, 0.05) is 13.1 Å². The molecule has 0 aliphatic carbocycles. The van der Waals surface area contributed by atoms with E-state index >= 15 is 0 Å². The van der Waals surface area contributed by atoms with Gasteiger partial charge in [-0.05, 0) is 62.1 Å². The summed E-state index contributed by atoms with van der Waals surface area (Å²) in [7, 11) is 1.68. The Kier molecular flexibility index (Phi) is 5.68.